The molecule has 0 aliphatic heterocycles. The molecule has 4 rings (SSSR count). The molecule has 196 valence electrons. The maximum atomic E-state index is 2.35. The van der Waals surface area contributed by atoms with Gasteiger partial charge in [0.05, 0.1) is 0 Å². The summed E-state index contributed by atoms with van der Waals surface area (Å²) in [7, 11) is 0. The van der Waals surface area contributed by atoms with Gasteiger partial charge in [-0.05, 0) is 70.2 Å². The number of rotatable bonds is 14. The lowest BCUT2D eigenvalue weighted by Gasteiger charge is -2.22. The van der Waals surface area contributed by atoms with E-state index >= 15 is 0 Å². The average Bonchev–Trinajstić information content (AvgIpc) is 2.98. The molecule has 0 radical (unpaired) electrons. The molecule has 0 spiro atoms. The summed E-state index contributed by atoms with van der Waals surface area (Å²) < 4.78 is 0. The molecule has 0 saturated heterocycles. The zero-order valence-electron chi connectivity index (χ0n) is 23.5. The quantitative estimate of drug-likeness (QED) is 0.119. The largest absolute Gasteiger partial charge is 0.0654 e. The Hall–Kier alpha value is -3.38. The van der Waals surface area contributed by atoms with Crippen molar-refractivity contribution in [3.05, 3.63) is 143 Å². The third-order valence-electron chi connectivity index (χ3n) is 7.55. The van der Waals surface area contributed by atoms with Gasteiger partial charge in [0.15, 0.2) is 0 Å². The van der Waals surface area contributed by atoms with Crippen molar-refractivity contribution in [2.75, 3.05) is 0 Å². The highest BCUT2D eigenvalue weighted by Crippen LogP contribution is 2.39. The van der Waals surface area contributed by atoms with Crippen LogP contribution >= 0.6 is 0 Å². The molecule has 0 aliphatic carbocycles. The van der Waals surface area contributed by atoms with Crippen LogP contribution in [0.1, 0.15) is 98.6 Å². The van der Waals surface area contributed by atoms with E-state index in [1.165, 1.54) is 95.9 Å². The Morgan fingerprint density at radius 2 is 0.763 bits per heavy atom. The van der Waals surface area contributed by atoms with Crippen LogP contribution in [-0.2, 0) is 12.8 Å². The molecule has 0 heteroatoms. The molecular weight excluding hydrogens is 456 g/mol. The van der Waals surface area contributed by atoms with Crippen LogP contribution in [0.5, 0.6) is 0 Å². The smallest absolute Gasteiger partial charge is 0.00239 e. The molecule has 0 bridgehead atoms. The second kappa shape index (κ2) is 15.1. The summed E-state index contributed by atoms with van der Waals surface area (Å²) in [5, 5.41) is 0. The van der Waals surface area contributed by atoms with Crippen molar-refractivity contribution >= 4 is 11.1 Å². The molecule has 0 amide bonds. The Balaban J connectivity index is 1.94. The molecule has 0 heterocycles. The van der Waals surface area contributed by atoms with E-state index in [4.69, 9.17) is 0 Å². The number of unbranched alkanes of at least 4 members (excludes halogenated alkanes) is 6. The third-order valence-corrected chi connectivity index (χ3v) is 7.55. The van der Waals surface area contributed by atoms with E-state index in [0.29, 0.717) is 0 Å². The van der Waals surface area contributed by atoms with Crippen molar-refractivity contribution in [2.24, 2.45) is 0 Å². The zero-order chi connectivity index (χ0) is 26.4. The van der Waals surface area contributed by atoms with Crippen LogP contribution < -0.4 is 0 Å². The van der Waals surface area contributed by atoms with Gasteiger partial charge in [-0.1, -0.05) is 162 Å². The van der Waals surface area contributed by atoms with Crippen molar-refractivity contribution < 1.29 is 0 Å². The lowest BCUT2D eigenvalue weighted by Crippen LogP contribution is -2.03. The second-order valence-corrected chi connectivity index (χ2v) is 10.4. The van der Waals surface area contributed by atoms with Crippen molar-refractivity contribution in [3.8, 4) is 0 Å². The first-order valence-corrected chi connectivity index (χ1v) is 14.8. The van der Waals surface area contributed by atoms with Gasteiger partial charge < -0.3 is 0 Å². The van der Waals surface area contributed by atoms with Gasteiger partial charge in [-0.25, -0.2) is 0 Å². The van der Waals surface area contributed by atoms with Crippen LogP contribution in [0.3, 0.4) is 0 Å². The average molecular weight is 501 g/mol. The Bertz CT molecular complexity index is 1160. The van der Waals surface area contributed by atoms with Gasteiger partial charge in [0.25, 0.3) is 0 Å². The van der Waals surface area contributed by atoms with Gasteiger partial charge in [-0.15, -0.1) is 0 Å². The molecule has 4 aromatic rings. The summed E-state index contributed by atoms with van der Waals surface area (Å²) in [6.07, 6.45) is 12.5. The van der Waals surface area contributed by atoms with Gasteiger partial charge in [0.2, 0.25) is 0 Å². The summed E-state index contributed by atoms with van der Waals surface area (Å²) in [6.45, 7) is 4.58. The van der Waals surface area contributed by atoms with Crippen molar-refractivity contribution in [1.82, 2.24) is 0 Å². The lowest BCUT2D eigenvalue weighted by atomic mass is 9.81. The summed E-state index contributed by atoms with van der Waals surface area (Å²) in [5.41, 5.74) is 10.9. The maximum absolute atomic E-state index is 2.35. The normalized spacial score (nSPS) is 11.8. The van der Waals surface area contributed by atoms with Crippen LogP contribution in [0.15, 0.2) is 109 Å². The second-order valence-electron chi connectivity index (χ2n) is 10.4. The molecule has 0 saturated carbocycles. The summed E-state index contributed by atoms with van der Waals surface area (Å²) in [4.78, 5) is 0. The molecule has 38 heavy (non-hydrogen) atoms. The number of hydrogen-bond donors (Lipinski definition) is 0. The minimum Gasteiger partial charge on any atom is -0.0654 e. The van der Waals surface area contributed by atoms with Gasteiger partial charge >= 0.3 is 0 Å². The van der Waals surface area contributed by atoms with E-state index in [1.54, 1.807) is 0 Å². The summed E-state index contributed by atoms with van der Waals surface area (Å²) in [6, 6.07) is 40.4. The van der Waals surface area contributed by atoms with E-state index in [1.807, 2.05) is 0 Å². The molecule has 0 nitrogen and oxygen atoms in total. The van der Waals surface area contributed by atoms with Crippen molar-refractivity contribution in [1.29, 1.82) is 0 Å². The molecule has 4 aromatic carbocycles. The van der Waals surface area contributed by atoms with Gasteiger partial charge in [-0.2, -0.15) is 0 Å². The highest BCUT2D eigenvalue weighted by molar-refractivity contribution is 6.05. The summed E-state index contributed by atoms with van der Waals surface area (Å²) in [5.74, 6) is 0. The first-order chi connectivity index (χ1) is 18.8. The Morgan fingerprint density at radius 3 is 1.16 bits per heavy atom. The van der Waals surface area contributed by atoms with Crippen LogP contribution in [0.25, 0.3) is 11.1 Å². The summed E-state index contributed by atoms with van der Waals surface area (Å²) >= 11 is 0. The fourth-order valence-electron chi connectivity index (χ4n) is 5.53. The van der Waals surface area contributed by atoms with Crippen LogP contribution in [0, 0.1) is 0 Å². The topological polar surface area (TPSA) is 0 Å². The molecule has 0 atom stereocenters. The highest BCUT2D eigenvalue weighted by Gasteiger charge is 2.20. The van der Waals surface area contributed by atoms with E-state index < -0.39 is 0 Å². The molecular formula is C38H44. The minimum absolute atomic E-state index is 1.12. The molecule has 0 aromatic heterocycles. The van der Waals surface area contributed by atoms with Gasteiger partial charge in [0.1, 0.15) is 0 Å². The van der Waals surface area contributed by atoms with E-state index in [2.05, 4.69) is 123 Å². The third kappa shape index (κ3) is 7.35. The first kappa shape index (κ1) is 27.6. The Labute approximate surface area is 231 Å². The van der Waals surface area contributed by atoms with Gasteiger partial charge in [-0.3, -0.25) is 0 Å². The van der Waals surface area contributed by atoms with Crippen molar-refractivity contribution in [3.63, 3.8) is 0 Å². The Morgan fingerprint density at radius 1 is 0.395 bits per heavy atom. The SMILES string of the molecule is CCCCCCc1ccccc1C(=C(c1ccccc1)c1ccccc1CCCCCC)c1ccccc1. The van der Waals surface area contributed by atoms with E-state index in [0.717, 1.165) is 12.8 Å². The zero-order valence-corrected chi connectivity index (χ0v) is 23.5. The monoisotopic (exact) mass is 500 g/mol. The van der Waals surface area contributed by atoms with Gasteiger partial charge in [0, 0.05) is 0 Å². The first-order valence-electron chi connectivity index (χ1n) is 14.8. The van der Waals surface area contributed by atoms with E-state index in [-0.39, 0.29) is 0 Å². The predicted octanol–water partition coefficient (Wildman–Crippen LogP) is 10.9. The van der Waals surface area contributed by atoms with Crippen LogP contribution in [0.2, 0.25) is 0 Å². The highest BCUT2D eigenvalue weighted by atomic mass is 14.2. The molecule has 0 fully saturated rings. The number of hydrogen-bond acceptors (Lipinski definition) is 0. The predicted molar refractivity (Wildman–Crippen MR) is 166 cm³/mol. The van der Waals surface area contributed by atoms with Crippen LogP contribution in [-0.4, -0.2) is 0 Å². The number of benzene rings is 4. The fraction of sp³-hybridized carbons (Fsp3) is 0.316. The van der Waals surface area contributed by atoms with Crippen molar-refractivity contribution in [2.45, 2.75) is 78.1 Å². The molecule has 0 unspecified atom stereocenters. The number of aryl methyl sites for hydroxylation is 2. The van der Waals surface area contributed by atoms with E-state index in [9.17, 15) is 0 Å². The maximum Gasteiger partial charge on any atom is -0.00239 e. The van der Waals surface area contributed by atoms with Crippen LogP contribution in [0.4, 0.5) is 0 Å². The Kier molecular flexibility index (Phi) is 11.0. The standard InChI is InChI=1S/C38H44/c1-3-5-7-11-21-31-23-17-19-29-35(31)37(33-25-13-9-14-26-33)38(34-27-15-10-16-28-34)36-30-20-18-24-32(36)22-12-8-6-4-2/h9-10,13-20,23-30H,3-8,11-12,21-22H2,1-2H3. The molecule has 0 aliphatic rings. The molecule has 0 N–H and O–H groups in total. The fourth-order valence-corrected chi connectivity index (χ4v) is 5.53. The minimum atomic E-state index is 1.12. The lowest BCUT2D eigenvalue weighted by molar-refractivity contribution is 0.666.